The molecule has 76 valence electrons. The molecule has 0 aliphatic heterocycles. The molecule has 1 aromatic heterocycles. The highest BCUT2D eigenvalue weighted by molar-refractivity contribution is 5.51. The summed E-state index contributed by atoms with van der Waals surface area (Å²) in [5.74, 6) is 0. The molecule has 0 aromatic carbocycles. The van der Waals surface area contributed by atoms with Crippen molar-refractivity contribution in [2.75, 3.05) is 25.5 Å². The molecule has 0 amide bonds. The zero-order valence-electron chi connectivity index (χ0n) is 8.83. The van der Waals surface area contributed by atoms with Gasteiger partial charge in [-0.25, -0.2) is 0 Å². The molecule has 0 unspecified atom stereocenters. The number of nitrogens with one attached hydrogen (secondary N) is 1. The minimum absolute atomic E-state index is 0.836. The molecule has 14 heavy (non-hydrogen) atoms. The zero-order valence-corrected chi connectivity index (χ0v) is 8.83. The first kappa shape index (κ1) is 10.7. The summed E-state index contributed by atoms with van der Waals surface area (Å²) < 4.78 is 0. The number of hydrogen-bond acceptors (Lipinski definition) is 3. The normalized spacial score (nSPS) is 9.86. The Kier molecular flexibility index (Phi) is 4.13. The Labute approximate surface area is 85.5 Å². The molecule has 0 aliphatic carbocycles. The number of anilines is 1. The first-order valence-electron chi connectivity index (χ1n) is 4.69. The van der Waals surface area contributed by atoms with Gasteiger partial charge >= 0.3 is 0 Å². The van der Waals surface area contributed by atoms with Crippen molar-refractivity contribution in [2.24, 2.45) is 0 Å². The lowest BCUT2D eigenvalue weighted by Crippen LogP contribution is -2.20. The van der Waals surface area contributed by atoms with E-state index < -0.39 is 0 Å². The molecule has 1 aromatic rings. The molecule has 0 saturated carbocycles. The van der Waals surface area contributed by atoms with Gasteiger partial charge in [-0.3, -0.25) is 4.98 Å². The summed E-state index contributed by atoms with van der Waals surface area (Å²) in [6, 6.07) is 2.03. The summed E-state index contributed by atoms with van der Waals surface area (Å²) in [6.45, 7) is 5.42. The molecular formula is C11H17N3. The van der Waals surface area contributed by atoms with E-state index in [1.807, 2.05) is 38.6 Å². The summed E-state index contributed by atoms with van der Waals surface area (Å²) >= 11 is 0. The lowest BCUT2D eigenvalue weighted by atomic mass is 10.2. The molecule has 3 heteroatoms. The van der Waals surface area contributed by atoms with Gasteiger partial charge in [-0.15, -0.1) is 6.58 Å². The summed E-state index contributed by atoms with van der Waals surface area (Å²) in [5, 5.41) is 3.14. The fourth-order valence-corrected chi connectivity index (χ4v) is 1.39. The average molecular weight is 191 g/mol. The summed E-state index contributed by atoms with van der Waals surface area (Å²) in [5.41, 5.74) is 2.41. The van der Waals surface area contributed by atoms with Crippen LogP contribution in [-0.2, 0) is 6.54 Å². The van der Waals surface area contributed by atoms with Gasteiger partial charge in [-0.05, 0) is 18.7 Å². The lowest BCUT2D eigenvalue weighted by molar-refractivity contribution is 0.809. The van der Waals surface area contributed by atoms with Crippen molar-refractivity contribution in [3.63, 3.8) is 0 Å². The monoisotopic (exact) mass is 191 g/mol. The molecule has 3 nitrogen and oxygen atoms in total. The molecule has 1 N–H and O–H groups in total. The van der Waals surface area contributed by atoms with Crippen molar-refractivity contribution >= 4 is 5.69 Å². The molecule has 0 fully saturated rings. The van der Waals surface area contributed by atoms with Gasteiger partial charge in [0.2, 0.25) is 0 Å². The minimum Gasteiger partial charge on any atom is -0.369 e. The quantitative estimate of drug-likeness (QED) is 0.713. The number of nitrogens with zero attached hydrogens (tertiary/aromatic N) is 2. The van der Waals surface area contributed by atoms with Crippen LogP contribution in [0.3, 0.4) is 0 Å². The van der Waals surface area contributed by atoms with Crippen molar-refractivity contribution in [2.45, 2.75) is 6.54 Å². The SMILES string of the molecule is C=CCN(C)c1cnccc1CNC. The van der Waals surface area contributed by atoms with E-state index in [1.165, 1.54) is 5.56 Å². The predicted molar refractivity (Wildman–Crippen MR) is 60.5 cm³/mol. The van der Waals surface area contributed by atoms with E-state index in [9.17, 15) is 0 Å². The third-order valence-electron chi connectivity index (χ3n) is 2.07. The summed E-state index contributed by atoms with van der Waals surface area (Å²) in [4.78, 5) is 6.26. The van der Waals surface area contributed by atoms with E-state index >= 15 is 0 Å². The van der Waals surface area contributed by atoms with Gasteiger partial charge in [-0.1, -0.05) is 6.08 Å². The average Bonchev–Trinajstić information content (AvgIpc) is 2.19. The van der Waals surface area contributed by atoms with Crippen molar-refractivity contribution in [1.29, 1.82) is 0 Å². The third-order valence-corrected chi connectivity index (χ3v) is 2.07. The Morgan fingerprint density at radius 2 is 2.43 bits per heavy atom. The minimum atomic E-state index is 0.836. The van der Waals surface area contributed by atoms with Crippen LogP contribution in [0.5, 0.6) is 0 Å². The molecule has 0 saturated heterocycles. The first-order valence-corrected chi connectivity index (χ1v) is 4.69. The van der Waals surface area contributed by atoms with Crippen LogP contribution in [0.25, 0.3) is 0 Å². The van der Waals surface area contributed by atoms with Gasteiger partial charge in [0.05, 0.1) is 11.9 Å². The highest BCUT2D eigenvalue weighted by Crippen LogP contribution is 2.16. The smallest absolute Gasteiger partial charge is 0.0598 e. The van der Waals surface area contributed by atoms with Crippen molar-refractivity contribution in [3.05, 3.63) is 36.7 Å². The summed E-state index contributed by atoms with van der Waals surface area (Å²) in [6.07, 6.45) is 5.59. The summed E-state index contributed by atoms with van der Waals surface area (Å²) in [7, 11) is 3.98. The highest BCUT2D eigenvalue weighted by atomic mass is 15.1. The Bertz CT molecular complexity index is 296. The van der Waals surface area contributed by atoms with Crippen LogP contribution in [0.2, 0.25) is 0 Å². The lowest BCUT2D eigenvalue weighted by Gasteiger charge is -2.20. The number of pyridine rings is 1. The Hall–Kier alpha value is -1.35. The molecule has 0 aliphatic rings. The Balaban J connectivity index is 2.87. The standard InChI is InChI=1S/C11H17N3/c1-4-7-14(3)11-9-13-6-5-10(11)8-12-2/h4-6,9,12H,1,7-8H2,2-3H3. The maximum Gasteiger partial charge on any atom is 0.0598 e. The van der Waals surface area contributed by atoms with Crippen molar-refractivity contribution in [3.8, 4) is 0 Å². The van der Waals surface area contributed by atoms with Gasteiger partial charge in [0.25, 0.3) is 0 Å². The highest BCUT2D eigenvalue weighted by Gasteiger charge is 2.04. The van der Waals surface area contributed by atoms with E-state index in [1.54, 1.807) is 0 Å². The predicted octanol–water partition coefficient (Wildman–Crippen LogP) is 1.42. The molecular weight excluding hydrogens is 174 g/mol. The maximum atomic E-state index is 4.13. The topological polar surface area (TPSA) is 28.2 Å². The molecule has 0 spiro atoms. The first-order chi connectivity index (χ1) is 6.79. The van der Waals surface area contributed by atoms with Gasteiger partial charge in [0.15, 0.2) is 0 Å². The van der Waals surface area contributed by atoms with E-state index in [4.69, 9.17) is 0 Å². The van der Waals surface area contributed by atoms with E-state index in [-0.39, 0.29) is 0 Å². The number of hydrogen-bond donors (Lipinski definition) is 1. The fourth-order valence-electron chi connectivity index (χ4n) is 1.39. The number of aromatic nitrogens is 1. The van der Waals surface area contributed by atoms with Crippen molar-refractivity contribution in [1.82, 2.24) is 10.3 Å². The van der Waals surface area contributed by atoms with Gasteiger partial charge in [0.1, 0.15) is 0 Å². The van der Waals surface area contributed by atoms with Crippen LogP contribution in [0.1, 0.15) is 5.56 Å². The van der Waals surface area contributed by atoms with Gasteiger partial charge < -0.3 is 10.2 Å². The van der Waals surface area contributed by atoms with Crippen LogP contribution in [0, 0.1) is 0 Å². The number of rotatable bonds is 5. The largest absolute Gasteiger partial charge is 0.369 e. The van der Waals surface area contributed by atoms with Crippen LogP contribution in [0.4, 0.5) is 5.69 Å². The van der Waals surface area contributed by atoms with E-state index in [0.29, 0.717) is 0 Å². The molecule has 1 heterocycles. The van der Waals surface area contributed by atoms with Crippen LogP contribution in [0.15, 0.2) is 31.1 Å². The Morgan fingerprint density at radius 3 is 3.07 bits per heavy atom. The molecule has 0 bridgehead atoms. The van der Waals surface area contributed by atoms with Gasteiger partial charge in [0, 0.05) is 26.3 Å². The third kappa shape index (κ3) is 2.57. The van der Waals surface area contributed by atoms with E-state index in [0.717, 1.165) is 18.8 Å². The van der Waals surface area contributed by atoms with Crippen LogP contribution in [-0.4, -0.2) is 25.6 Å². The molecule has 1 rings (SSSR count). The van der Waals surface area contributed by atoms with Crippen molar-refractivity contribution < 1.29 is 0 Å². The molecule has 0 radical (unpaired) electrons. The zero-order chi connectivity index (χ0) is 10.4. The van der Waals surface area contributed by atoms with Crippen LogP contribution >= 0.6 is 0 Å². The maximum absolute atomic E-state index is 4.13. The second-order valence-electron chi connectivity index (χ2n) is 3.20. The fraction of sp³-hybridized carbons (Fsp3) is 0.364. The Morgan fingerprint density at radius 1 is 1.64 bits per heavy atom. The second kappa shape index (κ2) is 5.40. The molecule has 0 atom stereocenters. The second-order valence-corrected chi connectivity index (χ2v) is 3.20. The van der Waals surface area contributed by atoms with Crippen LogP contribution < -0.4 is 10.2 Å². The van der Waals surface area contributed by atoms with E-state index in [2.05, 4.69) is 21.8 Å². The van der Waals surface area contributed by atoms with Gasteiger partial charge in [-0.2, -0.15) is 0 Å². The number of likely N-dealkylation sites (N-methyl/N-ethyl adjacent to an activating group) is 1.